The second kappa shape index (κ2) is 30.5. The fraction of sp³-hybridized carbons (Fsp3) is 0. The largest absolute Gasteiger partial charge is 2.00 e. The van der Waals surface area contributed by atoms with Crippen LogP contribution in [0.5, 0.6) is 0 Å². The average Bonchev–Trinajstić information content (AvgIpc) is 1.39. The van der Waals surface area contributed by atoms with E-state index >= 15 is 0 Å². The van der Waals surface area contributed by atoms with E-state index in [1.54, 1.807) is 0 Å². The summed E-state index contributed by atoms with van der Waals surface area (Å²) < 4.78 is 16.9. The van der Waals surface area contributed by atoms with Crippen LogP contribution in [0.3, 0.4) is 0 Å². The first kappa shape index (κ1) is 15.6. The van der Waals surface area contributed by atoms with Crippen LogP contribution in [0, 0.1) is 0 Å². The van der Waals surface area contributed by atoms with Crippen molar-refractivity contribution in [1.29, 1.82) is 0 Å². The summed E-state index contributed by atoms with van der Waals surface area (Å²) in [5, 5.41) is 0. The molecule has 4 nitrogen and oxygen atoms in total. The predicted octanol–water partition coefficient (Wildman–Crippen LogP) is 0.368. The Labute approximate surface area is 53.4 Å². The van der Waals surface area contributed by atoms with Crippen LogP contribution in [-0.2, 0) is 25.6 Å². The summed E-state index contributed by atoms with van der Waals surface area (Å²) >= 11 is 0. The molecule has 7 heavy (non-hydrogen) atoms. The Balaban J connectivity index is -0.0000000400. The molecule has 0 aromatic rings. The van der Waals surface area contributed by atoms with Gasteiger partial charge in [0.2, 0.25) is 0 Å². The minimum atomic E-state index is -0.833. The maximum absolute atomic E-state index is 8.46. The minimum absolute atomic E-state index is 0. The van der Waals surface area contributed by atoms with Crippen molar-refractivity contribution in [2.45, 2.75) is 0 Å². The molecule has 0 aliphatic carbocycles. The van der Waals surface area contributed by atoms with Gasteiger partial charge >= 0.3 is 33.9 Å². The van der Waals surface area contributed by atoms with E-state index in [0.717, 1.165) is 0 Å². The topological polar surface area (TPSA) is 74.6 Å². The molecule has 0 amide bonds. The van der Waals surface area contributed by atoms with E-state index in [0.29, 0.717) is 0 Å². The molecule has 7 heteroatoms. The Morgan fingerprint density at radius 2 is 1.00 bits per heavy atom. The SMILES string of the molecule is O=PO.O=PO.[Ni+2]. The number of hydrogen-bond donors (Lipinski definition) is 2. The zero-order chi connectivity index (χ0) is 5.41. The fourth-order valence-corrected chi connectivity index (χ4v) is 0. The smallest absolute Gasteiger partial charge is 0.310 e. The maximum atomic E-state index is 8.46. The maximum Gasteiger partial charge on any atom is 2.00 e. The zero-order valence-corrected chi connectivity index (χ0v) is 5.70. The fourth-order valence-electron chi connectivity index (χ4n) is 0. The molecule has 0 heterocycles. The Bertz CT molecular complexity index is 30.7. The molecule has 0 spiro atoms. The summed E-state index contributed by atoms with van der Waals surface area (Å²) in [6.45, 7) is 0. The van der Waals surface area contributed by atoms with Crippen LogP contribution in [0.4, 0.5) is 0 Å². The van der Waals surface area contributed by atoms with Crippen LogP contribution in [-0.4, -0.2) is 9.79 Å². The normalized spacial score (nSPS) is 6.00. The Morgan fingerprint density at radius 1 is 1.00 bits per heavy atom. The predicted molar refractivity (Wildman–Crippen MR) is 19.7 cm³/mol. The van der Waals surface area contributed by atoms with Gasteiger partial charge in [0, 0.05) is 0 Å². The van der Waals surface area contributed by atoms with Gasteiger partial charge in [-0.15, -0.1) is 0 Å². The molecule has 0 saturated heterocycles. The van der Waals surface area contributed by atoms with Crippen LogP contribution in [0.25, 0.3) is 0 Å². The van der Waals surface area contributed by atoms with Crippen molar-refractivity contribution < 1.29 is 35.4 Å². The second-order valence-corrected chi connectivity index (χ2v) is 0.490. The molecule has 0 aromatic heterocycles. The summed E-state index contributed by atoms with van der Waals surface area (Å²) in [6, 6.07) is 0. The van der Waals surface area contributed by atoms with Crippen molar-refractivity contribution in [3.8, 4) is 0 Å². The molecule has 0 bridgehead atoms. The molecule has 0 saturated carbocycles. The van der Waals surface area contributed by atoms with Gasteiger partial charge in [-0.2, -0.15) is 0 Å². The third-order valence-electron chi connectivity index (χ3n) is 0. The van der Waals surface area contributed by atoms with Gasteiger partial charge in [0.15, 0.2) is 0 Å². The third-order valence-corrected chi connectivity index (χ3v) is 0. The van der Waals surface area contributed by atoms with Gasteiger partial charge in [-0.1, -0.05) is 0 Å². The molecular formula is H2NiO4P2+2. The Kier molecular flexibility index (Phi) is 68.2. The molecule has 0 rings (SSSR count). The second-order valence-electron chi connectivity index (χ2n) is 0.163. The van der Waals surface area contributed by atoms with Crippen LogP contribution < -0.4 is 0 Å². The van der Waals surface area contributed by atoms with Gasteiger partial charge in [0.25, 0.3) is 0 Å². The van der Waals surface area contributed by atoms with E-state index in [9.17, 15) is 0 Å². The van der Waals surface area contributed by atoms with Crippen molar-refractivity contribution in [2.75, 3.05) is 0 Å². The third kappa shape index (κ3) is 374. The van der Waals surface area contributed by atoms with Crippen LogP contribution >= 0.6 is 17.4 Å². The molecule has 44 valence electrons. The molecule has 0 atom stereocenters. The van der Waals surface area contributed by atoms with E-state index in [4.69, 9.17) is 18.9 Å². The molecule has 2 N–H and O–H groups in total. The van der Waals surface area contributed by atoms with Crippen molar-refractivity contribution >= 4 is 17.4 Å². The summed E-state index contributed by atoms with van der Waals surface area (Å²) in [4.78, 5) is 14.0. The summed E-state index contributed by atoms with van der Waals surface area (Å²) in [7, 11) is -1.67. The van der Waals surface area contributed by atoms with E-state index in [1.807, 2.05) is 0 Å². The van der Waals surface area contributed by atoms with Crippen LogP contribution in [0.2, 0.25) is 0 Å². The van der Waals surface area contributed by atoms with E-state index in [2.05, 4.69) is 0 Å². The molecule has 0 fully saturated rings. The first-order valence-corrected chi connectivity index (χ1v) is 2.30. The van der Waals surface area contributed by atoms with Crippen LogP contribution in [0.1, 0.15) is 0 Å². The first-order chi connectivity index (χ1) is 2.83. The van der Waals surface area contributed by atoms with Crippen molar-refractivity contribution in [2.24, 2.45) is 0 Å². The Hall–Kier alpha value is 0.614. The number of hydrogen-bond acceptors (Lipinski definition) is 2. The van der Waals surface area contributed by atoms with Gasteiger partial charge in [-0.25, -0.2) is 9.13 Å². The average molecular weight is 187 g/mol. The molecule has 0 aromatic carbocycles. The van der Waals surface area contributed by atoms with E-state index in [1.165, 1.54) is 0 Å². The van der Waals surface area contributed by atoms with Gasteiger partial charge in [0.1, 0.15) is 0 Å². The molecule has 0 aliphatic rings. The van der Waals surface area contributed by atoms with Gasteiger partial charge in [-0.3, -0.25) is 0 Å². The standard InChI is InChI=1S/Ni.2HO2P/c;2*1-3-2/h;2*(H,1,2)/q+2;;. The van der Waals surface area contributed by atoms with Crippen molar-refractivity contribution in [1.82, 2.24) is 0 Å². The van der Waals surface area contributed by atoms with Gasteiger partial charge < -0.3 is 9.79 Å². The molecule has 0 radical (unpaired) electrons. The molecule has 0 aliphatic heterocycles. The molecular weight excluding hydrogens is 185 g/mol. The van der Waals surface area contributed by atoms with E-state index in [-0.39, 0.29) is 16.5 Å². The molecule has 0 unspecified atom stereocenters. The summed E-state index contributed by atoms with van der Waals surface area (Å²) in [5.41, 5.74) is 0. The summed E-state index contributed by atoms with van der Waals surface area (Å²) in [5.74, 6) is 0. The Morgan fingerprint density at radius 3 is 1.00 bits per heavy atom. The van der Waals surface area contributed by atoms with Crippen LogP contribution in [0.15, 0.2) is 0 Å². The number of rotatable bonds is 0. The minimum Gasteiger partial charge on any atom is -0.310 e. The van der Waals surface area contributed by atoms with Crippen molar-refractivity contribution in [3.05, 3.63) is 0 Å². The van der Waals surface area contributed by atoms with E-state index < -0.39 is 17.4 Å². The van der Waals surface area contributed by atoms with Crippen molar-refractivity contribution in [3.63, 3.8) is 0 Å². The van der Waals surface area contributed by atoms with Gasteiger partial charge in [-0.05, 0) is 0 Å². The monoisotopic (exact) mass is 186 g/mol. The zero-order valence-electron chi connectivity index (χ0n) is 2.92. The summed E-state index contributed by atoms with van der Waals surface area (Å²) in [6.07, 6.45) is 0. The van der Waals surface area contributed by atoms with Gasteiger partial charge in [0.05, 0.1) is 0 Å². The quantitative estimate of drug-likeness (QED) is 0.424. The first-order valence-electron chi connectivity index (χ1n) is 0.765.